The molecule has 0 amide bonds. The molecule has 15 heavy (non-hydrogen) atoms. The molecule has 0 aliphatic carbocycles. The van der Waals surface area contributed by atoms with Gasteiger partial charge in [-0.1, -0.05) is 11.8 Å². The summed E-state index contributed by atoms with van der Waals surface area (Å²) in [6.07, 6.45) is 0. The van der Waals surface area contributed by atoms with Gasteiger partial charge >= 0.3 is 0 Å². The fraction of sp³-hybridized carbons (Fsp3) is 0.375. The molecule has 0 aromatic carbocycles. The Morgan fingerprint density at radius 2 is 2.33 bits per heavy atom. The van der Waals surface area contributed by atoms with Crippen molar-refractivity contribution in [1.82, 2.24) is 19.7 Å². The SMILES string of the molecule is Cc1nc(CSc2nnc(N)n2C)cs1. The number of nitrogen functional groups attached to an aromatic ring is 1. The zero-order chi connectivity index (χ0) is 10.8. The summed E-state index contributed by atoms with van der Waals surface area (Å²) in [5.74, 6) is 1.24. The number of rotatable bonds is 3. The Balaban J connectivity index is 2.02. The molecule has 7 heteroatoms. The normalized spacial score (nSPS) is 10.8. The lowest BCUT2D eigenvalue weighted by molar-refractivity contribution is 0.795. The number of anilines is 1. The summed E-state index contributed by atoms with van der Waals surface area (Å²) >= 11 is 3.24. The Hall–Kier alpha value is -1.08. The molecule has 2 heterocycles. The number of nitrogens with zero attached hydrogens (tertiary/aromatic N) is 4. The highest BCUT2D eigenvalue weighted by Gasteiger charge is 2.07. The Kier molecular flexibility index (Phi) is 2.92. The van der Waals surface area contributed by atoms with Crippen molar-refractivity contribution in [1.29, 1.82) is 0 Å². The maximum atomic E-state index is 5.58. The molecule has 0 bridgehead atoms. The summed E-state index contributed by atoms with van der Waals surface area (Å²) in [5.41, 5.74) is 6.65. The summed E-state index contributed by atoms with van der Waals surface area (Å²) in [7, 11) is 1.85. The zero-order valence-electron chi connectivity index (χ0n) is 8.47. The highest BCUT2D eigenvalue weighted by atomic mass is 32.2. The van der Waals surface area contributed by atoms with Gasteiger partial charge in [0.1, 0.15) is 0 Å². The molecule has 0 aliphatic rings. The number of aromatic nitrogens is 4. The van der Waals surface area contributed by atoms with Gasteiger partial charge in [0.25, 0.3) is 0 Å². The molecule has 0 saturated carbocycles. The van der Waals surface area contributed by atoms with Crippen molar-refractivity contribution < 1.29 is 0 Å². The number of hydrogen-bond acceptors (Lipinski definition) is 6. The average Bonchev–Trinajstić information content (AvgIpc) is 2.74. The number of thioether (sulfide) groups is 1. The molecule has 0 saturated heterocycles. The smallest absolute Gasteiger partial charge is 0.222 e. The van der Waals surface area contributed by atoms with Crippen LogP contribution in [0.2, 0.25) is 0 Å². The maximum absolute atomic E-state index is 5.58. The summed E-state index contributed by atoms with van der Waals surface area (Å²) in [4.78, 5) is 4.37. The first-order valence-corrected chi connectivity index (χ1v) is 6.22. The quantitative estimate of drug-likeness (QED) is 0.824. The fourth-order valence-corrected chi connectivity index (χ4v) is 2.59. The molecular formula is C8H11N5S2. The van der Waals surface area contributed by atoms with Gasteiger partial charge in [-0.15, -0.1) is 21.5 Å². The topological polar surface area (TPSA) is 69.6 Å². The van der Waals surface area contributed by atoms with Crippen LogP contribution in [0.3, 0.4) is 0 Å². The largest absolute Gasteiger partial charge is 0.368 e. The van der Waals surface area contributed by atoms with E-state index in [4.69, 9.17) is 5.73 Å². The lowest BCUT2D eigenvalue weighted by Gasteiger charge is -1.98. The summed E-state index contributed by atoms with van der Waals surface area (Å²) in [6, 6.07) is 0. The van der Waals surface area contributed by atoms with Gasteiger partial charge in [-0.25, -0.2) is 4.98 Å². The molecule has 2 aromatic heterocycles. The Labute approximate surface area is 95.7 Å². The van der Waals surface area contributed by atoms with E-state index in [1.54, 1.807) is 27.7 Å². The van der Waals surface area contributed by atoms with Crippen LogP contribution in [0.4, 0.5) is 5.95 Å². The molecule has 2 aromatic rings. The van der Waals surface area contributed by atoms with E-state index >= 15 is 0 Å². The van der Waals surface area contributed by atoms with Crippen LogP contribution in [0.5, 0.6) is 0 Å². The van der Waals surface area contributed by atoms with Crippen LogP contribution in [0.1, 0.15) is 10.7 Å². The molecule has 0 atom stereocenters. The molecule has 0 fully saturated rings. The third-order valence-corrected chi connectivity index (χ3v) is 3.76. The van der Waals surface area contributed by atoms with E-state index in [1.165, 1.54) is 0 Å². The van der Waals surface area contributed by atoms with Gasteiger partial charge in [0.05, 0.1) is 10.7 Å². The van der Waals surface area contributed by atoms with Crippen molar-refractivity contribution in [2.45, 2.75) is 17.8 Å². The lowest BCUT2D eigenvalue weighted by Crippen LogP contribution is -1.98. The maximum Gasteiger partial charge on any atom is 0.222 e. The van der Waals surface area contributed by atoms with Crippen LogP contribution in [-0.4, -0.2) is 19.7 Å². The van der Waals surface area contributed by atoms with Crippen LogP contribution in [0, 0.1) is 6.92 Å². The number of hydrogen-bond donors (Lipinski definition) is 1. The second-order valence-electron chi connectivity index (χ2n) is 3.05. The molecular weight excluding hydrogens is 230 g/mol. The molecule has 0 radical (unpaired) electrons. The number of nitrogens with two attached hydrogens (primary N) is 1. The first-order valence-electron chi connectivity index (χ1n) is 4.35. The van der Waals surface area contributed by atoms with Crippen molar-refractivity contribution in [3.63, 3.8) is 0 Å². The van der Waals surface area contributed by atoms with E-state index < -0.39 is 0 Å². The molecule has 5 nitrogen and oxygen atoms in total. The van der Waals surface area contributed by atoms with Gasteiger partial charge in [0.15, 0.2) is 5.16 Å². The van der Waals surface area contributed by atoms with Crippen molar-refractivity contribution >= 4 is 29.0 Å². The standard InChI is InChI=1S/C8H11N5S2/c1-5-10-6(3-14-5)4-15-8-12-11-7(9)13(8)2/h3H,4H2,1-2H3,(H2,9,11). The van der Waals surface area contributed by atoms with E-state index in [1.807, 2.05) is 14.0 Å². The number of thiazole rings is 1. The fourth-order valence-electron chi connectivity index (χ4n) is 1.06. The van der Waals surface area contributed by atoms with Crippen molar-refractivity contribution in [2.75, 3.05) is 5.73 Å². The van der Waals surface area contributed by atoms with Gasteiger partial charge in [-0.2, -0.15) is 0 Å². The van der Waals surface area contributed by atoms with Crippen LogP contribution < -0.4 is 5.73 Å². The zero-order valence-corrected chi connectivity index (χ0v) is 10.1. The Bertz CT molecular complexity index is 461. The molecule has 0 spiro atoms. The third kappa shape index (κ3) is 2.29. The summed E-state index contributed by atoms with van der Waals surface area (Å²) < 4.78 is 1.77. The summed E-state index contributed by atoms with van der Waals surface area (Å²) in [5, 5.41) is 11.7. The van der Waals surface area contributed by atoms with Gasteiger partial charge in [0, 0.05) is 18.2 Å². The van der Waals surface area contributed by atoms with E-state index in [0.29, 0.717) is 5.95 Å². The van der Waals surface area contributed by atoms with E-state index in [9.17, 15) is 0 Å². The van der Waals surface area contributed by atoms with Crippen molar-refractivity contribution in [2.24, 2.45) is 7.05 Å². The first-order chi connectivity index (χ1) is 7.16. The molecule has 2 N–H and O–H groups in total. The third-order valence-electron chi connectivity index (χ3n) is 1.88. The Morgan fingerprint density at radius 3 is 2.87 bits per heavy atom. The highest BCUT2D eigenvalue weighted by Crippen LogP contribution is 2.22. The van der Waals surface area contributed by atoms with Crippen LogP contribution in [-0.2, 0) is 12.8 Å². The van der Waals surface area contributed by atoms with Crippen molar-refractivity contribution in [3.05, 3.63) is 16.1 Å². The predicted molar refractivity (Wildman–Crippen MR) is 61.8 cm³/mol. The second-order valence-corrected chi connectivity index (χ2v) is 5.05. The predicted octanol–water partition coefficient (Wildman–Crippen LogP) is 1.45. The van der Waals surface area contributed by atoms with Crippen molar-refractivity contribution in [3.8, 4) is 0 Å². The average molecular weight is 241 g/mol. The molecule has 2 rings (SSSR count). The first kappa shape index (κ1) is 10.4. The lowest BCUT2D eigenvalue weighted by atomic mass is 10.6. The summed E-state index contributed by atoms with van der Waals surface area (Å²) in [6.45, 7) is 2.00. The van der Waals surface area contributed by atoms with E-state index in [0.717, 1.165) is 21.6 Å². The number of aryl methyl sites for hydroxylation is 1. The molecule has 0 unspecified atom stereocenters. The molecule has 80 valence electrons. The minimum absolute atomic E-state index is 0.437. The van der Waals surface area contributed by atoms with Crippen LogP contribution >= 0.6 is 23.1 Å². The highest BCUT2D eigenvalue weighted by molar-refractivity contribution is 7.98. The molecule has 0 aliphatic heterocycles. The van der Waals surface area contributed by atoms with Crippen LogP contribution in [0.15, 0.2) is 10.5 Å². The second kappa shape index (κ2) is 4.19. The van der Waals surface area contributed by atoms with Gasteiger partial charge in [-0.3, -0.25) is 4.57 Å². The monoisotopic (exact) mass is 241 g/mol. The minimum Gasteiger partial charge on any atom is -0.368 e. The van der Waals surface area contributed by atoms with E-state index in [-0.39, 0.29) is 0 Å². The van der Waals surface area contributed by atoms with Gasteiger partial charge < -0.3 is 5.73 Å². The Morgan fingerprint density at radius 1 is 1.53 bits per heavy atom. The van der Waals surface area contributed by atoms with E-state index in [2.05, 4.69) is 20.6 Å². The van der Waals surface area contributed by atoms with Crippen LogP contribution in [0.25, 0.3) is 0 Å². The van der Waals surface area contributed by atoms with Gasteiger partial charge in [0.2, 0.25) is 5.95 Å². The van der Waals surface area contributed by atoms with Gasteiger partial charge in [-0.05, 0) is 6.92 Å². The minimum atomic E-state index is 0.437.